The second-order valence-corrected chi connectivity index (χ2v) is 9.19. The van der Waals surface area contributed by atoms with Gasteiger partial charge in [0.05, 0.1) is 0 Å². The van der Waals surface area contributed by atoms with Gasteiger partial charge in [0.1, 0.15) is 0 Å². The first-order chi connectivity index (χ1) is 5.08. The van der Waals surface area contributed by atoms with E-state index in [1.807, 2.05) is 0 Å². The van der Waals surface area contributed by atoms with Crippen molar-refractivity contribution in [2.75, 3.05) is 0 Å². The second-order valence-electron chi connectivity index (χ2n) is 4.59. The summed E-state index contributed by atoms with van der Waals surface area (Å²) >= 11 is 0. The molecule has 1 aliphatic carbocycles. The molecule has 3 heteroatoms. The van der Waals surface area contributed by atoms with Crippen LogP contribution in [0.3, 0.4) is 0 Å². The maximum Gasteiger partial charge on any atom is 1.00 e. The first-order valence-electron chi connectivity index (χ1n) is 4.80. The molecule has 0 N–H and O–H groups in total. The van der Waals surface area contributed by atoms with E-state index in [0.29, 0.717) is 0 Å². The van der Waals surface area contributed by atoms with Gasteiger partial charge in [-0.05, 0) is 0 Å². The predicted octanol–water partition coefficient (Wildman–Crippen LogP) is 0.532. The van der Waals surface area contributed by atoms with Crippen LogP contribution < -0.4 is 18.9 Å². The van der Waals surface area contributed by atoms with Crippen LogP contribution in [0.5, 0.6) is 0 Å². The van der Waals surface area contributed by atoms with Gasteiger partial charge in [0, 0.05) is 0 Å². The molecule has 0 aromatic carbocycles. The number of rotatable bonds is 2. The van der Waals surface area contributed by atoms with Crippen LogP contribution in [0.2, 0.25) is 19.6 Å². The molecule has 66 valence electrons. The van der Waals surface area contributed by atoms with Gasteiger partial charge in [0.2, 0.25) is 0 Å². The van der Waals surface area contributed by atoms with Gasteiger partial charge in [-0.15, -0.1) is 6.04 Å². The Bertz CT molecular complexity index is 116. The number of hydrogen-bond acceptors (Lipinski definition) is 0. The van der Waals surface area contributed by atoms with Gasteiger partial charge >= 0.3 is 18.9 Å². The van der Waals surface area contributed by atoms with Crippen LogP contribution >= 0.6 is 0 Å². The molecule has 0 radical (unpaired) electrons. The molecule has 0 saturated heterocycles. The molecule has 0 aliphatic heterocycles. The van der Waals surface area contributed by atoms with Gasteiger partial charge < -0.3 is 4.98 Å². The largest absolute Gasteiger partial charge is 1.00 e. The average Bonchev–Trinajstić information content (AvgIpc) is 1.85. The predicted molar refractivity (Wildman–Crippen MR) is 53.6 cm³/mol. The zero-order valence-corrected chi connectivity index (χ0v) is 10.1. The molecule has 1 saturated carbocycles. The zero-order chi connectivity index (χ0) is 8.32. The van der Waals surface area contributed by atoms with E-state index in [4.69, 9.17) is 4.98 Å². The van der Waals surface area contributed by atoms with Crippen LogP contribution in [0.25, 0.3) is 4.98 Å². The molecule has 0 aromatic rings. The fourth-order valence-corrected chi connectivity index (χ4v) is 3.11. The first-order valence-corrected chi connectivity index (χ1v) is 8.25. The molecule has 0 atom stereocenters. The van der Waals surface area contributed by atoms with Crippen LogP contribution in [-0.2, 0) is 0 Å². The normalized spacial score (nSPS) is 20.2. The average molecular weight is 177 g/mol. The summed E-state index contributed by atoms with van der Waals surface area (Å²) < 4.78 is 0. The quantitative estimate of drug-likeness (QED) is 0.546. The van der Waals surface area contributed by atoms with Gasteiger partial charge in [-0.3, -0.25) is 0 Å². The van der Waals surface area contributed by atoms with Crippen LogP contribution in [0.1, 0.15) is 32.1 Å². The second kappa shape index (κ2) is 5.49. The van der Waals surface area contributed by atoms with Crippen LogP contribution in [0.4, 0.5) is 0 Å². The minimum atomic E-state index is -1.12. The summed E-state index contributed by atoms with van der Waals surface area (Å²) in [5.41, 5.74) is 0. The van der Waals surface area contributed by atoms with Gasteiger partial charge in [-0.2, -0.15) is 0 Å². The summed E-state index contributed by atoms with van der Waals surface area (Å²) in [6, 6.07) is 0.732. The van der Waals surface area contributed by atoms with E-state index in [9.17, 15) is 0 Å². The Morgan fingerprint density at radius 3 is 1.92 bits per heavy atom. The molecule has 1 nitrogen and oxygen atoms in total. The van der Waals surface area contributed by atoms with Crippen molar-refractivity contribution in [1.29, 1.82) is 0 Å². The molecule has 0 heterocycles. The Balaban J connectivity index is 0.00000121. The molecule has 1 fully saturated rings. The molecule has 12 heavy (non-hydrogen) atoms. The monoisotopic (exact) mass is 177 g/mol. The van der Waals surface area contributed by atoms with Crippen LogP contribution in [0, 0.1) is 0 Å². The van der Waals surface area contributed by atoms with Crippen LogP contribution in [-0.4, -0.2) is 14.3 Å². The Morgan fingerprint density at radius 1 is 1.00 bits per heavy atom. The minimum absolute atomic E-state index is 0. The third-order valence-electron chi connectivity index (χ3n) is 2.14. The maximum atomic E-state index is 4.91. The smallest absolute Gasteiger partial charge is 0.662 e. The van der Waals surface area contributed by atoms with Crippen molar-refractivity contribution < 1.29 is 18.9 Å². The Kier molecular flexibility index (Phi) is 5.85. The van der Waals surface area contributed by atoms with Crippen LogP contribution in [0.15, 0.2) is 0 Å². The van der Waals surface area contributed by atoms with Crippen molar-refractivity contribution in [2.45, 2.75) is 57.8 Å². The molecule has 0 bridgehead atoms. The van der Waals surface area contributed by atoms with E-state index in [2.05, 4.69) is 19.6 Å². The number of hydrogen-bond donors (Lipinski definition) is 0. The summed E-state index contributed by atoms with van der Waals surface area (Å²) in [6.45, 7) is 7.00. The summed E-state index contributed by atoms with van der Waals surface area (Å²) in [7, 11) is -1.12. The zero-order valence-electron chi connectivity index (χ0n) is 9.06. The topological polar surface area (TPSA) is 14.1 Å². The van der Waals surface area contributed by atoms with E-state index in [0.717, 1.165) is 6.04 Å². The number of nitrogens with zero attached hydrogens (tertiary/aromatic N) is 1. The molecule has 1 rings (SSSR count). The van der Waals surface area contributed by atoms with Gasteiger partial charge in [-0.1, -0.05) is 60.0 Å². The van der Waals surface area contributed by atoms with Crippen molar-refractivity contribution in [3.63, 3.8) is 0 Å². The standard InChI is InChI=1S/C9H20NSi.Li/c1-11(2,3)10-9-7-5-4-6-8-9;/h9H,4-8H2,1-3H3;/q-1;+1. The van der Waals surface area contributed by atoms with E-state index < -0.39 is 8.24 Å². The first kappa shape index (κ1) is 12.8. The van der Waals surface area contributed by atoms with Crippen molar-refractivity contribution >= 4 is 8.24 Å². The maximum absolute atomic E-state index is 4.91. The fraction of sp³-hybridized carbons (Fsp3) is 1.00. The Hall–Kier alpha value is 0.774. The molecular weight excluding hydrogens is 157 g/mol. The van der Waals surface area contributed by atoms with Gasteiger partial charge in [0.25, 0.3) is 0 Å². The Morgan fingerprint density at radius 2 is 1.50 bits per heavy atom. The summed E-state index contributed by atoms with van der Waals surface area (Å²) in [5.74, 6) is 0. The minimum Gasteiger partial charge on any atom is -0.662 e. The van der Waals surface area contributed by atoms with Crippen molar-refractivity contribution in [2.24, 2.45) is 0 Å². The van der Waals surface area contributed by atoms with Gasteiger partial charge in [-0.25, -0.2) is 0 Å². The third kappa shape index (κ3) is 5.43. The Labute approximate surface area is 90.0 Å². The van der Waals surface area contributed by atoms with E-state index in [-0.39, 0.29) is 18.9 Å². The van der Waals surface area contributed by atoms with E-state index >= 15 is 0 Å². The molecule has 0 aromatic heterocycles. The fourth-order valence-electron chi connectivity index (χ4n) is 1.76. The van der Waals surface area contributed by atoms with Crippen molar-refractivity contribution in [3.05, 3.63) is 4.98 Å². The SMILES string of the molecule is C[Si](C)(C)[N-]C1CCCCC1.[Li+]. The summed E-state index contributed by atoms with van der Waals surface area (Å²) in [5, 5.41) is 0. The van der Waals surface area contributed by atoms with Gasteiger partial charge in [0.15, 0.2) is 0 Å². The summed E-state index contributed by atoms with van der Waals surface area (Å²) in [4.78, 5) is 4.91. The molecule has 0 amide bonds. The molecule has 1 aliphatic rings. The summed E-state index contributed by atoms with van der Waals surface area (Å²) in [6.07, 6.45) is 7.00. The molecular formula is C9H20LiNSi. The van der Waals surface area contributed by atoms with Crippen molar-refractivity contribution in [3.8, 4) is 0 Å². The van der Waals surface area contributed by atoms with E-state index in [1.165, 1.54) is 32.1 Å². The van der Waals surface area contributed by atoms with Crippen molar-refractivity contribution in [1.82, 2.24) is 0 Å². The van der Waals surface area contributed by atoms with E-state index in [1.54, 1.807) is 0 Å². The molecule has 0 unspecified atom stereocenters. The third-order valence-corrected chi connectivity index (χ3v) is 3.28. The molecule has 0 spiro atoms.